The Kier molecular flexibility index (Phi) is 5.56. The molecule has 136 valence electrons. The average Bonchev–Trinajstić information content (AvgIpc) is 3.04. The molecule has 0 radical (unpaired) electrons. The van der Waals surface area contributed by atoms with Gasteiger partial charge in [0, 0.05) is 32.1 Å². The molecule has 2 fully saturated rings. The van der Waals surface area contributed by atoms with Crippen molar-refractivity contribution in [1.82, 2.24) is 9.80 Å². The second-order valence-corrected chi connectivity index (χ2v) is 6.74. The van der Waals surface area contributed by atoms with Gasteiger partial charge >= 0.3 is 0 Å². The second kappa shape index (κ2) is 7.85. The number of halogens is 1. The summed E-state index contributed by atoms with van der Waals surface area (Å²) in [5.74, 6) is -0.399. The number of methoxy groups -OCH3 is 1. The topological polar surface area (TPSA) is 49.9 Å². The standard InChI is InChI=1S/C19H25FN2O3/c1-25-16-8-4-7-15(20)18(16)19(24)22-12-3-2-6-14(22)10-13-21-11-5-9-17(21)23/h4,7-8,14H,2-3,5-6,9-13H2,1H3. The molecule has 2 saturated heterocycles. The van der Waals surface area contributed by atoms with Gasteiger partial charge in [0.2, 0.25) is 5.91 Å². The number of hydrogen-bond acceptors (Lipinski definition) is 3. The fourth-order valence-corrected chi connectivity index (χ4v) is 3.84. The number of carbonyl (C=O) groups is 2. The van der Waals surface area contributed by atoms with Crippen LogP contribution < -0.4 is 4.74 Å². The van der Waals surface area contributed by atoms with Crippen molar-refractivity contribution in [2.75, 3.05) is 26.7 Å². The van der Waals surface area contributed by atoms with Crippen LogP contribution in [-0.4, -0.2) is 54.4 Å². The van der Waals surface area contributed by atoms with E-state index in [4.69, 9.17) is 4.74 Å². The smallest absolute Gasteiger partial charge is 0.260 e. The zero-order valence-electron chi connectivity index (χ0n) is 14.7. The molecule has 0 bridgehead atoms. The molecule has 0 saturated carbocycles. The third-order valence-electron chi connectivity index (χ3n) is 5.20. The van der Waals surface area contributed by atoms with Crippen molar-refractivity contribution in [2.24, 2.45) is 0 Å². The van der Waals surface area contributed by atoms with Crippen LogP contribution in [-0.2, 0) is 4.79 Å². The quantitative estimate of drug-likeness (QED) is 0.822. The van der Waals surface area contributed by atoms with Crippen molar-refractivity contribution in [3.63, 3.8) is 0 Å². The first-order valence-corrected chi connectivity index (χ1v) is 9.03. The Morgan fingerprint density at radius 2 is 2.12 bits per heavy atom. The normalized spacial score (nSPS) is 20.9. The molecule has 0 spiro atoms. The van der Waals surface area contributed by atoms with E-state index in [9.17, 15) is 14.0 Å². The highest BCUT2D eigenvalue weighted by atomic mass is 19.1. The summed E-state index contributed by atoms with van der Waals surface area (Å²) in [7, 11) is 1.44. The SMILES string of the molecule is COc1cccc(F)c1C(=O)N1CCCCC1CCN1CCCC1=O. The zero-order valence-corrected chi connectivity index (χ0v) is 14.7. The number of ether oxygens (including phenoxy) is 1. The Morgan fingerprint density at radius 3 is 2.84 bits per heavy atom. The Balaban J connectivity index is 1.74. The van der Waals surface area contributed by atoms with E-state index < -0.39 is 5.82 Å². The molecular formula is C19H25FN2O3. The lowest BCUT2D eigenvalue weighted by Crippen LogP contribution is -2.45. The van der Waals surface area contributed by atoms with Gasteiger partial charge in [-0.2, -0.15) is 0 Å². The van der Waals surface area contributed by atoms with Crippen molar-refractivity contribution in [1.29, 1.82) is 0 Å². The number of rotatable bonds is 5. The summed E-state index contributed by atoms with van der Waals surface area (Å²) >= 11 is 0. The average molecular weight is 348 g/mol. The van der Waals surface area contributed by atoms with Gasteiger partial charge in [-0.25, -0.2) is 4.39 Å². The third kappa shape index (κ3) is 3.78. The van der Waals surface area contributed by atoms with Crippen molar-refractivity contribution in [3.05, 3.63) is 29.6 Å². The maximum absolute atomic E-state index is 14.3. The molecule has 1 aromatic carbocycles. The van der Waals surface area contributed by atoms with E-state index in [0.29, 0.717) is 19.5 Å². The van der Waals surface area contributed by atoms with E-state index in [2.05, 4.69) is 0 Å². The van der Waals surface area contributed by atoms with Gasteiger partial charge in [0.15, 0.2) is 0 Å². The molecule has 1 aromatic rings. The lowest BCUT2D eigenvalue weighted by molar-refractivity contribution is -0.127. The van der Waals surface area contributed by atoms with Gasteiger partial charge in [0.05, 0.1) is 7.11 Å². The van der Waals surface area contributed by atoms with Crippen molar-refractivity contribution >= 4 is 11.8 Å². The Hall–Kier alpha value is -2.11. The van der Waals surface area contributed by atoms with Gasteiger partial charge in [0.1, 0.15) is 17.1 Å². The van der Waals surface area contributed by atoms with Crippen LogP contribution in [0.2, 0.25) is 0 Å². The van der Waals surface area contributed by atoms with Gasteiger partial charge < -0.3 is 14.5 Å². The van der Waals surface area contributed by atoms with Crippen molar-refractivity contribution in [2.45, 2.75) is 44.6 Å². The molecule has 0 aromatic heterocycles. The number of benzene rings is 1. The highest BCUT2D eigenvalue weighted by Crippen LogP contribution is 2.28. The van der Waals surface area contributed by atoms with Gasteiger partial charge in [-0.05, 0) is 44.2 Å². The van der Waals surface area contributed by atoms with Crippen LogP contribution in [0.4, 0.5) is 4.39 Å². The first-order chi connectivity index (χ1) is 12.1. The van der Waals surface area contributed by atoms with Crippen LogP contribution in [0.15, 0.2) is 18.2 Å². The zero-order chi connectivity index (χ0) is 17.8. The van der Waals surface area contributed by atoms with E-state index in [-0.39, 0.29) is 29.2 Å². The summed E-state index contributed by atoms with van der Waals surface area (Å²) in [6.45, 7) is 2.09. The summed E-state index contributed by atoms with van der Waals surface area (Å²) in [6.07, 6.45) is 5.15. The second-order valence-electron chi connectivity index (χ2n) is 6.74. The number of piperidine rings is 1. The minimum Gasteiger partial charge on any atom is -0.496 e. The van der Waals surface area contributed by atoms with Crippen molar-refractivity contribution < 1.29 is 18.7 Å². The minimum absolute atomic E-state index is 0.00847. The van der Waals surface area contributed by atoms with Crippen molar-refractivity contribution in [3.8, 4) is 5.75 Å². The summed E-state index contributed by atoms with van der Waals surface area (Å²) in [5.41, 5.74) is 0.00847. The summed E-state index contributed by atoms with van der Waals surface area (Å²) < 4.78 is 19.5. The molecule has 6 heteroatoms. The van der Waals surface area contributed by atoms with E-state index in [1.807, 2.05) is 4.90 Å². The first-order valence-electron chi connectivity index (χ1n) is 9.03. The molecule has 25 heavy (non-hydrogen) atoms. The Morgan fingerprint density at radius 1 is 1.28 bits per heavy atom. The molecule has 3 rings (SSSR count). The number of amides is 2. The van der Waals surface area contributed by atoms with Crippen LogP contribution in [0, 0.1) is 5.82 Å². The Bertz CT molecular complexity index is 650. The largest absolute Gasteiger partial charge is 0.496 e. The maximum atomic E-state index is 14.3. The van der Waals surface area contributed by atoms with E-state index in [1.54, 1.807) is 11.0 Å². The minimum atomic E-state index is -0.552. The fraction of sp³-hybridized carbons (Fsp3) is 0.579. The van der Waals surface area contributed by atoms with Crippen LogP contribution in [0.25, 0.3) is 0 Å². The van der Waals surface area contributed by atoms with Crippen LogP contribution in [0.5, 0.6) is 5.75 Å². The lowest BCUT2D eigenvalue weighted by atomic mass is 9.97. The number of likely N-dealkylation sites (tertiary alicyclic amines) is 2. The molecular weight excluding hydrogens is 323 g/mol. The van der Waals surface area contributed by atoms with E-state index >= 15 is 0 Å². The molecule has 2 amide bonds. The molecule has 2 heterocycles. The van der Waals surface area contributed by atoms with Crippen LogP contribution in [0.3, 0.4) is 0 Å². The van der Waals surface area contributed by atoms with Crippen LogP contribution >= 0.6 is 0 Å². The Labute approximate surface area is 147 Å². The van der Waals surface area contributed by atoms with Gasteiger partial charge in [-0.3, -0.25) is 9.59 Å². The molecule has 1 unspecified atom stereocenters. The predicted molar refractivity (Wildman–Crippen MR) is 92.1 cm³/mol. The summed E-state index contributed by atoms with van der Waals surface area (Å²) in [6, 6.07) is 4.48. The van der Waals surface area contributed by atoms with E-state index in [0.717, 1.165) is 38.6 Å². The summed E-state index contributed by atoms with van der Waals surface area (Å²) in [4.78, 5) is 28.4. The third-order valence-corrected chi connectivity index (χ3v) is 5.20. The molecule has 0 aliphatic carbocycles. The number of carbonyl (C=O) groups excluding carboxylic acids is 2. The monoisotopic (exact) mass is 348 g/mol. The summed E-state index contributed by atoms with van der Waals surface area (Å²) in [5, 5.41) is 0. The maximum Gasteiger partial charge on any atom is 0.260 e. The van der Waals surface area contributed by atoms with Gasteiger partial charge in [-0.15, -0.1) is 0 Å². The predicted octanol–water partition coefficient (Wildman–Crippen LogP) is 2.84. The fourth-order valence-electron chi connectivity index (χ4n) is 3.84. The van der Waals surface area contributed by atoms with Gasteiger partial charge in [0.25, 0.3) is 5.91 Å². The highest BCUT2D eigenvalue weighted by Gasteiger charge is 2.31. The molecule has 5 nitrogen and oxygen atoms in total. The molecule has 1 atom stereocenters. The molecule has 0 N–H and O–H groups in total. The molecule has 2 aliphatic heterocycles. The number of nitrogens with zero attached hydrogens (tertiary/aromatic N) is 2. The molecule has 2 aliphatic rings. The lowest BCUT2D eigenvalue weighted by Gasteiger charge is -2.37. The number of hydrogen-bond donors (Lipinski definition) is 0. The van der Waals surface area contributed by atoms with E-state index in [1.165, 1.54) is 19.2 Å². The van der Waals surface area contributed by atoms with Gasteiger partial charge in [-0.1, -0.05) is 6.07 Å². The first kappa shape index (κ1) is 17.7. The van der Waals surface area contributed by atoms with Crippen LogP contribution in [0.1, 0.15) is 48.9 Å². The highest BCUT2D eigenvalue weighted by molar-refractivity contribution is 5.97.